The molecule has 0 aliphatic carbocycles. The van der Waals surface area contributed by atoms with E-state index in [4.69, 9.17) is 5.73 Å². The summed E-state index contributed by atoms with van der Waals surface area (Å²) < 4.78 is 0. The topological polar surface area (TPSA) is 29.3 Å². The maximum atomic E-state index is 6.16. The molecular weight excluding hydrogens is 208 g/mol. The molecule has 0 amide bonds. The number of hydrogen-bond acceptors (Lipinski definition) is 2. The van der Waals surface area contributed by atoms with E-state index in [2.05, 4.69) is 36.9 Å². The fraction of sp³-hybridized carbons (Fsp3) is 0.600. The van der Waals surface area contributed by atoms with Crippen LogP contribution in [0.1, 0.15) is 37.3 Å². The van der Waals surface area contributed by atoms with Gasteiger partial charge in [0.25, 0.3) is 0 Å². The van der Waals surface area contributed by atoms with Crippen molar-refractivity contribution in [1.82, 2.24) is 0 Å². The molecule has 0 fully saturated rings. The van der Waals surface area contributed by atoms with E-state index in [9.17, 15) is 0 Å². The summed E-state index contributed by atoms with van der Waals surface area (Å²) >= 11 is 0. The Hall–Kier alpha value is -1.02. The minimum absolute atomic E-state index is 0.312. The van der Waals surface area contributed by atoms with Crippen LogP contribution >= 0.6 is 0 Å². The molecule has 0 saturated carbocycles. The van der Waals surface area contributed by atoms with Gasteiger partial charge in [-0.05, 0) is 37.8 Å². The van der Waals surface area contributed by atoms with E-state index < -0.39 is 0 Å². The smallest absolute Gasteiger partial charge is 0.0399 e. The van der Waals surface area contributed by atoms with Gasteiger partial charge in [0, 0.05) is 24.8 Å². The lowest BCUT2D eigenvalue weighted by Crippen LogP contribution is -2.40. The van der Waals surface area contributed by atoms with Crippen LogP contribution < -0.4 is 10.6 Å². The van der Waals surface area contributed by atoms with Crippen LogP contribution in [0.25, 0.3) is 0 Å². The molecule has 1 aromatic carbocycles. The average molecular weight is 232 g/mol. The van der Waals surface area contributed by atoms with E-state index in [1.54, 1.807) is 0 Å². The van der Waals surface area contributed by atoms with Crippen molar-refractivity contribution in [2.24, 2.45) is 5.73 Å². The second-order valence-electron chi connectivity index (χ2n) is 5.23. The first-order chi connectivity index (χ1) is 8.20. The van der Waals surface area contributed by atoms with Gasteiger partial charge in [-0.15, -0.1) is 0 Å². The third-order valence-electron chi connectivity index (χ3n) is 3.56. The van der Waals surface area contributed by atoms with Crippen LogP contribution in [0.15, 0.2) is 18.2 Å². The number of aryl methyl sites for hydroxylation is 2. The number of nitrogens with zero attached hydrogens (tertiary/aromatic N) is 1. The molecule has 1 aliphatic rings. The van der Waals surface area contributed by atoms with Gasteiger partial charge in [0.05, 0.1) is 0 Å². The van der Waals surface area contributed by atoms with Gasteiger partial charge in [-0.1, -0.05) is 31.0 Å². The third kappa shape index (κ3) is 3.01. The SMILES string of the molecule is CCCC(N)CN1CCCc2cc(C)ccc21. The maximum Gasteiger partial charge on any atom is 0.0399 e. The summed E-state index contributed by atoms with van der Waals surface area (Å²) in [5, 5.41) is 0. The monoisotopic (exact) mass is 232 g/mol. The van der Waals surface area contributed by atoms with Crippen LogP contribution in [-0.2, 0) is 6.42 Å². The summed E-state index contributed by atoms with van der Waals surface area (Å²) in [5.74, 6) is 0. The first kappa shape index (κ1) is 12.4. The number of anilines is 1. The molecule has 0 bridgehead atoms. The predicted octanol–water partition coefficient (Wildman–Crippen LogP) is 2.88. The van der Waals surface area contributed by atoms with Crippen molar-refractivity contribution < 1.29 is 0 Å². The quantitative estimate of drug-likeness (QED) is 0.865. The highest BCUT2D eigenvalue weighted by molar-refractivity contribution is 5.56. The van der Waals surface area contributed by atoms with E-state index in [0.29, 0.717) is 6.04 Å². The Balaban J connectivity index is 2.11. The summed E-state index contributed by atoms with van der Waals surface area (Å²) in [6, 6.07) is 7.12. The number of benzene rings is 1. The second kappa shape index (κ2) is 5.54. The molecule has 94 valence electrons. The van der Waals surface area contributed by atoms with E-state index in [1.165, 1.54) is 36.1 Å². The van der Waals surface area contributed by atoms with E-state index >= 15 is 0 Å². The molecule has 1 unspecified atom stereocenters. The van der Waals surface area contributed by atoms with Crippen LogP contribution in [-0.4, -0.2) is 19.1 Å². The van der Waals surface area contributed by atoms with E-state index in [-0.39, 0.29) is 0 Å². The Morgan fingerprint density at radius 3 is 3.00 bits per heavy atom. The Morgan fingerprint density at radius 1 is 1.41 bits per heavy atom. The predicted molar refractivity (Wildman–Crippen MR) is 74.6 cm³/mol. The molecule has 1 heterocycles. The normalized spacial score (nSPS) is 16.8. The minimum atomic E-state index is 0.312. The fourth-order valence-electron chi connectivity index (χ4n) is 2.74. The summed E-state index contributed by atoms with van der Waals surface area (Å²) in [6.07, 6.45) is 4.78. The van der Waals surface area contributed by atoms with E-state index in [0.717, 1.165) is 19.5 Å². The molecule has 17 heavy (non-hydrogen) atoms. The van der Waals surface area contributed by atoms with Crippen molar-refractivity contribution in [2.45, 2.75) is 45.6 Å². The molecule has 2 heteroatoms. The molecule has 1 aliphatic heterocycles. The molecule has 0 saturated heterocycles. The van der Waals surface area contributed by atoms with Gasteiger partial charge in [-0.2, -0.15) is 0 Å². The van der Waals surface area contributed by atoms with Crippen molar-refractivity contribution in [3.8, 4) is 0 Å². The Labute approximate surface area is 105 Å². The van der Waals surface area contributed by atoms with Crippen LogP contribution in [0.4, 0.5) is 5.69 Å². The van der Waals surface area contributed by atoms with Crippen LogP contribution in [0.3, 0.4) is 0 Å². The lowest BCUT2D eigenvalue weighted by Gasteiger charge is -2.33. The highest BCUT2D eigenvalue weighted by Gasteiger charge is 2.18. The van der Waals surface area contributed by atoms with Gasteiger partial charge in [-0.3, -0.25) is 0 Å². The lowest BCUT2D eigenvalue weighted by atomic mass is 9.99. The van der Waals surface area contributed by atoms with Gasteiger partial charge in [0.15, 0.2) is 0 Å². The van der Waals surface area contributed by atoms with Crippen molar-refractivity contribution in [3.63, 3.8) is 0 Å². The molecule has 1 aromatic rings. The van der Waals surface area contributed by atoms with Crippen molar-refractivity contribution in [2.75, 3.05) is 18.0 Å². The molecule has 1 atom stereocenters. The molecular formula is C15H24N2. The largest absolute Gasteiger partial charge is 0.370 e. The molecule has 2 N–H and O–H groups in total. The highest BCUT2D eigenvalue weighted by atomic mass is 15.1. The van der Waals surface area contributed by atoms with Gasteiger partial charge in [0.1, 0.15) is 0 Å². The number of rotatable bonds is 4. The van der Waals surface area contributed by atoms with Crippen molar-refractivity contribution in [1.29, 1.82) is 0 Å². The Bertz CT molecular complexity index is 373. The summed E-state index contributed by atoms with van der Waals surface area (Å²) in [7, 11) is 0. The van der Waals surface area contributed by atoms with Gasteiger partial charge in [-0.25, -0.2) is 0 Å². The molecule has 0 aromatic heterocycles. The zero-order valence-corrected chi connectivity index (χ0v) is 11.1. The Morgan fingerprint density at radius 2 is 2.24 bits per heavy atom. The fourth-order valence-corrected chi connectivity index (χ4v) is 2.74. The number of nitrogens with two attached hydrogens (primary N) is 1. The molecule has 2 rings (SSSR count). The first-order valence-corrected chi connectivity index (χ1v) is 6.80. The zero-order chi connectivity index (χ0) is 12.3. The Kier molecular flexibility index (Phi) is 4.06. The highest BCUT2D eigenvalue weighted by Crippen LogP contribution is 2.28. The average Bonchev–Trinajstić information content (AvgIpc) is 2.29. The van der Waals surface area contributed by atoms with Gasteiger partial charge in [0.2, 0.25) is 0 Å². The number of hydrogen-bond donors (Lipinski definition) is 1. The zero-order valence-electron chi connectivity index (χ0n) is 11.1. The summed E-state index contributed by atoms with van der Waals surface area (Å²) in [6.45, 7) is 6.53. The van der Waals surface area contributed by atoms with Gasteiger partial charge >= 0.3 is 0 Å². The van der Waals surface area contributed by atoms with Crippen LogP contribution in [0.2, 0.25) is 0 Å². The summed E-state index contributed by atoms with van der Waals surface area (Å²) in [5.41, 5.74) is 10.4. The summed E-state index contributed by atoms with van der Waals surface area (Å²) in [4.78, 5) is 2.47. The standard InChI is InChI=1S/C15H24N2/c1-3-5-14(16)11-17-9-4-6-13-10-12(2)7-8-15(13)17/h7-8,10,14H,3-6,9,11,16H2,1-2H3. The third-order valence-corrected chi connectivity index (χ3v) is 3.56. The molecule has 0 radical (unpaired) electrons. The van der Waals surface area contributed by atoms with Crippen molar-refractivity contribution in [3.05, 3.63) is 29.3 Å². The number of fused-ring (bicyclic) bond motifs is 1. The van der Waals surface area contributed by atoms with Crippen LogP contribution in [0.5, 0.6) is 0 Å². The van der Waals surface area contributed by atoms with E-state index in [1.807, 2.05) is 0 Å². The van der Waals surface area contributed by atoms with Gasteiger partial charge < -0.3 is 10.6 Å². The first-order valence-electron chi connectivity index (χ1n) is 6.80. The minimum Gasteiger partial charge on any atom is -0.370 e. The van der Waals surface area contributed by atoms with Crippen LogP contribution in [0, 0.1) is 6.92 Å². The lowest BCUT2D eigenvalue weighted by molar-refractivity contribution is 0.565. The van der Waals surface area contributed by atoms with Crippen molar-refractivity contribution >= 4 is 5.69 Å². The molecule has 0 spiro atoms. The molecule has 2 nitrogen and oxygen atoms in total. The second-order valence-corrected chi connectivity index (χ2v) is 5.23. The maximum absolute atomic E-state index is 6.16.